The fourth-order valence-corrected chi connectivity index (χ4v) is 3.22. The van der Waals surface area contributed by atoms with Crippen LogP contribution in [0.25, 0.3) is 0 Å². The molecule has 1 aliphatic rings. The van der Waals surface area contributed by atoms with E-state index in [0.29, 0.717) is 25.2 Å². The minimum absolute atomic E-state index is 0.0216. The number of piperazine rings is 1. The molecule has 8 heteroatoms. The lowest BCUT2D eigenvalue weighted by Crippen LogP contribution is -2.48. The van der Waals surface area contributed by atoms with Crippen LogP contribution < -0.4 is 10.2 Å². The molecule has 8 nitrogen and oxygen atoms in total. The number of rotatable bonds is 5. The fourth-order valence-electron chi connectivity index (χ4n) is 3.22. The van der Waals surface area contributed by atoms with Gasteiger partial charge in [-0.25, -0.2) is 0 Å². The van der Waals surface area contributed by atoms with Crippen LogP contribution >= 0.6 is 0 Å². The first-order chi connectivity index (χ1) is 13.5. The first-order valence-electron chi connectivity index (χ1n) is 9.17. The third-order valence-electron chi connectivity index (χ3n) is 4.77. The van der Waals surface area contributed by atoms with E-state index in [1.807, 2.05) is 24.0 Å². The van der Waals surface area contributed by atoms with Gasteiger partial charge in [-0.05, 0) is 30.3 Å². The van der Waals surface area contributed by atoms with Gasteiger partial charge in [0.05, 0.1) is 4.92 Å². The molecule has 1 heterocycles. The molecular formula is C20H22N4O4. The van der Waals surface area contributed by atoms with Crippen molar-refractivity contribution in [1.29, 1.82) is 0 Å². The molecule has 0 spiro atoms. The summed E-state index contributed by atoms with van der Waals surface area (Å²) in [6.45, 7) is 4.78. The number of anilines is 2. The van der Waals surface area contributed by atoms with Crippen molar-refractivity contribution in [2.45, 2.75) is 13.3 Å². The number of hydrogen-bond acceptors (Lipinski definition) is 5. The zero-order chi connectivity index (χ0) is 20.1. The Labute approximate surface area is 162 Å². The Morgan fingerprint density at radius 2 is 1.68 bits per heavy atom. The number of carbonyl (C=O) groups excluding carboxylic acids is 2. The van der Waals surface area contributed by atoms with E-state index in [1.165, 1.54) is 18.2 Å². The lowest BCUT2D eigenvalue weighted by atomic mass is 10.1. The number of nitro groups is 1. The predicted octanol–water partition coefficient (Wildman–Crippen LogP) is 2.91. The van der Waals surface area contributed by atoms with Crippen molar-refractivity contribution in [1.82, 2.24) is 4.90 Å². The van der Waals surface area contributed by atoms with Gasteiger partial charge in [-0.15, -0.1) is 0 Å². The first-order valence-corrected chi connectivity index (χ1v) is 9.17. The highest BCUT2D eigenvalue weighted by atomic mass is 16.6. The normalized spacial score (nSPS) is 13.9. The molecule has 2 aromatic carbocycles. The molecule has 0 aliphatic carbocycles. The van der Waals surface area contributed by atoms with Crippen LogP contribution in [0.2, 0.25) is 0 Å². The summed E-state index contributed by atoms with van der Waals surface area (Å²) in [6, 6.07) is 13.2. The summed E-state index contributed by atoms with van der Waals surface area (Å²) in [5.41, 5.74) is 1.36. The average molecular weight is 382 g/mol. The zero-order valence-corrected chi connectivity index (χ0v) is 15.6. The summed E-state index contributed by atoms with van der Waals surface area (Å²) in [4.78, 5) is 38.7. The number of benzene rings is 2. The lowest BCUT2D eigenvalue weighted by molar-refractivity contribution is -0.385. The maximum Gasteiger partial charge on any atom is 0.282 e. The van der Waals surface area contributed by atoms with Crippen molar-refractivity contribution < 1.29 is 14.5 Å². The standard InChI is InChI=1S/C20H22N4O4/c1-2-19(25)23-13-11-22(12-14-23)16-9-7-15(8-10-16)21-20(26)17-5-3-4-6-18(17)24(27)28/h3-10H,2,11-14H2,1H3,(H,21,26). The third-order valence-corrected chi connectivity index (χ3v) is 4.77. The van der Waals surface area contributed by atoms with Gasteiger partial charge in [0.25, 0.3) is 11.6 Å². The summed E-state index contributed by atoms with van der Waals surface area (Å²) >= 11 is 0. The molecule has 1 aliphatic heterocycles. The van der Waals surface area contributed by atoms with Gasteiger partial charge in [-0.1, -0.05) is 19.1 Å². The molecular weight excluding hydrogens is 360 g/mol. The predicted molar refractivity (Wildman–Crippen MR) is 107 cm³/mol. The Morgan fingerprint density at radius 1 is 1.04 bits per heavy atom. The quantitative estimate of drug-likeness (QED) is 0.634. The van der Waals surface area contributed by atoms with Gasteiger partial charge in [0.1, 0.15) is 5.56 Å². The summed E-state index contributed by atoms with van der Waals surface area (Å²) in [5, 5.41) is 13.8. The van der Waals surface area contributed by atoms with Crippen LogP contribution in [0.3, 0.4) is 0 Å². The van der Waals surface area contributed by atoms with Gasteiger partial charge in [0.2, 0.25) is 5.91 Å². The summed E-state index contributed by atoms with van der Waals surface area (Å²) in [5.74, 6) is -0.348. The Bertz CT molecular complexity index is 874. The fraction of sp³-hybridized carbons (Fsp3) is 0.300. The van der Waals surface area contributed by atoms with E-state index < -0.39 is 10.8 Å². The molecule has 1 fully saturated rings. The number of nitro benzene ring substituents is 1. The zero-order valence-electron chi connectivity index (χ0n) is 15.6. The van der Waals surface area contributed by atoms with Crippen LogP contribution in [-0.2, 0) is 4.79 Å². The summed E-state index contributed by atoms with van der Waals surface area (Å²) in [7, 11) is 0. The van der Waals surface area contributed by atoms with E-state index in [2.05, 4.69) is 10.2 Å². The Morgan fingerprint density at radius 3 is 2.29 bits per heavy atom. The second-order valence-electron chi connectivity index (χ2n) is 6.50. The third kappa shape index (κ3) is 4.28. The maximum absolute atomic E-state index is 12.4. The highest BCUT2D eigenvalue weighted by Crippen LogP contribution is 2.22. The van der Waals surface area contributed by atoms with Crippen molar-refractivity contribution in [3.8, 4) is 0 Å². The number of carbonyl (C=O) groups is 2. The van der Waals surface area contributed by atoms with E-state index in [1.54, 1.807) is 18.2 Å². The number of hydrogen-bond donors (Lipinski definition) is 1. The van der Waals surface area contributed by atoms with Crippen molar-refractivity contribution in [3.63, 3.8) is 0 Å². The van der Waals surface area contributed by atoms with Crippen LogP contribution in [0, 0.1) is 10.1 Å². The summed E-state index contributed by atoms with van der Waals surface area (Å²) < 4.78 is 0. The second-order valence-corrected chi connectivity index (χ2v) is 6.50. The molecule has 2 amide bonds. The second kappa shape index (κ2) is 8.51. The van der Waals surface area contributed by atoms with E-state index in [9.17, 15) is 19.7 Å². The van der Waals surface area contributed by atoms with Gasteiger partial charge in [-0.2, -0.15) is 0 Å². The van der Waals surface area contributed by atoms with E-state index in [4.69, 9.17) is 0 Å². The average Bonchev–Trinajstić information content (AvgIpc) is 2.73. The highest BCUT2D eigenvalue weighted by Gasteiger charge is 2.21. The Balaban J connectivity index is 1.63. The number of para-hydroxylation sites is 1. The van der Waals surface area contributed by atoms with Gasteiger partial charge < -0.3 is 15.1 Å². The molecule has 0 bridgehead atoms. The Hall–Kier alpha value is -3.42. The van der Waals surface area contributed by atoms with Crippen molar-refractivity contribution >= 4 is 28.9 Å². The van der Waals surface area contributed by atoms with Crippen molar-refractivity contribution in [2.24, 2.45) is 0 Å². The van der Waals surface area contributed by atoms with E-state index >= 15 is 0 Å². The molecule has 0 radical (unpaired) electrons. The number of amides is 2. The SMILES string of the molecule is CCC(=O)N1CCN(c2ccc(NC(=O)c3ccccc3[N+](=O)[O-])cc2)CC1. The van der Waals surface area contributed by atoms with Gasteiger partial charge in [0.15, 0.2) is 0 Å². The lowest BCUT2D eigenvalue weighted by Gasteiger charge is -2.36. The molecule has 1 N–H and O–H groups in total. The van der Waals surface area contributed by atoms with Gasteiger partial charge >= 0.3 is 0 Å². The molecule has 2 aromatic rings. The molecule has 0 aromatic heterocycles. The smallest absolute Gasteiger partial charge is 0.282 e. The Kier molecular flexibility index (Phi) is 5.88. The van der Waals surface area contributed by atoms with Crippen molar-refractivity contribution in [3.05, 3.63) is 64.2 Å². The summed E-state index contributed by atoms with van der Waals surface area (Å²) in [6.07, 6.45) is 0.522. The monoisotopic (exact) mass is 382 g/mol. The topological polar surface area (TPSA) is 95.8 Å². The van der Waals surface area contributed by atoms with Crippen LogP contribution in [0.5, 0.6) is 0 Å². The number of nitrogens with zero attached hydrogens (tertiary/aromatic N) is 3. The highest BCUT2D eigenvalue weighted by molar-refractivity contribution is 6.07. The van der Waals surface area contributed by atoms with Gasteiger partial charge in [0, 0.05) is 50.0 Å². The largest absolute Gasteiger partial charge is 0.368 e. The molecule has 0 unspecified atom stereocenters. The van der Waals surface area contributed by atoms with Crippen molar-refractivity contribution in [2.75, 3.05) is 36.4 Å². The number of nitrogens with one attached hydrogen (secondary N) is 1. The minimum Gasteiger partial charge on any atom is -0.368 e. The van der Waals surface area contributed by atoms with Crippen LogP contribution in [0.15, 0.2) is 48.5 Å². The maximum atomic E-state index is 12.4. The van der Waals surface area contributed by atoms with E-state index in [-0.39, 0.29) is 17.2 Å². The minimum atomic E-state index is -0.569. The molecule has 28 heavy (non-hydrogen) atoms. The molecule has 1 saturated heterocycles. The molecule has 0 atom stereocenters. The van der Waals surface area contributed by atoms with Gasteiger partial charge in [-0.3, -0.25) is 19.7 Å². The molecule has 0 saturated carbocycles. The molecule has 3 rings (SSSR count). The van der Waals surface area contributed by atoms with E-state index in [0.717, 1.165) is 18.8 Å². The van der Waals surface area contributed by atoms with Crippen LogP contribution in [0.4, 0.5) is 17.1 Å². The first kappa shape index (κ1) is 19.3. The van der Waals surface area contributed by atoms with Crippen LogP contribution in [-0.4, -0.2) is 47.8 Å². The van der Waals surface area contributed by atoms with Crippen LogP contribution in [0.1, 0.15) is 23.7 Å². The molecule has 146 valence electrons.